The molecular weight excluding hydrogens is 363 g/mol. The molecule has 11 heteroatoms. The number of amidine groups is 1. The molecule has 0 saturated carbocycles. The number of primary amides is 1. The highest BCUT2D eigenvalue weighted by Crippen LogP contribution is 2.23. The molecule has 0 aliphatic heterocycles. The van der Waals surface area contributed by atoms with Crippen LogP contribution >= 0.6 is 15.9 Å². The van der Waals surface area contributed by atoms with Crippen LogP contribution in [0.5, 0.6) is 0 Å². The third kappa shape index (κ3) is 3.77. The van der Waals surface area contributed by atoms with Crippen molar-refractivity contribution in [1.82, 2.24) is 15.8 Å². The summed E-state index contributed by atoms with van der Waals surface area (Å²) >= 11 is 3.02. The predicted molar refractivity (Wildman–Crippen MR) is 77.2 cm³/mol. The van der Waals surface area contributed by atoms with E-state index in [4.69, 9.17) is 5.73 Å². The number of aromatic nitrogens is 2. The van der Waals surface area contributed by atoms with Crippen molar-refractivity contribution in [2.45, 2.75) is 0 Å². The Kier molecular flexibility index (Phi) is 5.01. The standard InChI is InChI=1S/C11H10BrFN6O3/c12-6-3-5(1-2-7(6)13)16-11(17-21)9-10(19-22-18-9)15-4-8(14)20/h1-3,21H,4H2,(H2,14,20)(H,15,19)(H,16,17). The third-order valence-corrected chi connectivity index (χ3v) is 3.00. The lowest BCUT2D eigenvalue weighted by Gasteiger charge is -2.04. The highest BCUT2D eigenvalue weighted by Gasteiger charge is 2.17. The minimum absolute atomic E-state index is 0.0178. The number of rotatable bonds is 5. The van der Waals surface area contributed by atoms with E-state index in [-0.39, 0.29) is 28.4 Å². The zero-order valence-electron chi connectivity index (χ0n) is 10.9. The Bertz CT molecular complexity index is 720. The minimum Gasteiger partial charge on any atom is -0.368 e. The van der Waals surface area contributed by atoms with E-state index in [1.807, 2.05) is 5.48 Å². The largest absolute Gasteiger partial charge is 0.368 e. The maximum absolute atomic E-state index is 13.2. The molecule has 0 radical (unpaired) electrons. The first-order valence-electron chi connectivity index (χ1n) is 5.80. The van der Waals surface area contributed by atoms with Gasteiger partial charge in [0.15, 0.2) is 11.5 Å². The van der Waals surface area contributed by atoms with Crippen LogP contribution < -0.4 is 16.5 Å². The maximum Gasteiger partial charge on any atom is 0.236 e. The molecule has 0 atom stereocenters. The number of benzene rings is 1. The zero-order valence-corrected chi connectivity index (χ0v) is 12.5. The number of anilines is 1. The quantitative estimate of drug-likeness (QED) is 0.347. The number of nitrogens with zero attached hydrogens (tertiary/aromatic N) is 3. The summed E-state index contributed by atoms with van der Waals surface area (Å²) in [6.45, 7) is -0.206. The number of carbonyl (C=O) groups excluding carboxylic acids is 1. The molecule has 22 heavy (non-hydrogen) atoms. The van der Waals surface area contributed by atoms with Crippen molar-refractivity contribution in [1.29, 1.82) is 0 Å². The van der Waals surface area contributed by atoms with Gasteiger partial charge < -0.3 is 11.1 Å². The number of aliphatic imine (C=N–C) groups is 1. The Morgan fingerprint density at radius 2 is 2.27 bits per heavy atom. The summed E-state index contributed by atoms with van der Waals surface area (Å²) in [5.41, 5.74) is 7.19. The molecule has 9 nitrogen and oxygen atoms in total. The van der Waals surface area contributed by atoms with Crippen LogP contribution in [-0.2, 0) is 4.79 Å². The molecule has 0 fully saturated rings. The highest BCUT2D eigenvalue weighted by molar-refractivity contribution is 9.10. The van der Waals surface area contributed by atoms with Crippen molar-refractivity contribution in [2.75, 3.05) is 11.9 Å². The van der Waals surface area contributed by atoms with Gasteiger partial charge >= 0.3 is 0 Å². The molecule has 1 amide bonds. The Labute approximate surface area is 131 Å². The summed E-state index contributed by atoms with van der Waals surface area (Å²) in [5, 5.41) is 18.8. The Hall–Kier alpha value is -2.53. The molecule has 1 aromatic carbocycles. The second-order valence-electron chi connectivity index (χ2n) is 3.95. The summed E-state index contributed by atoms with van der Waals surface area (Å²) in [6, 6.07) is 3.99. The van der Waals surface area contributed by atoms with Crippen LogP contribution in [0.4, 0.5) is 15.9 Å². The molecule has 5 N–H and O–H groups in total. The van der Waals surface area contributed by atoms with Crippen molar-refractivity contribution < 1.29 is 19.0 Å². The number of nitrogens with two attached hydrogens (primary N) is 1. The van der Waals surface area contributed by atoms with Crippen molar-refractivity contribution in [3.8, 4) is 0 Å². The Morgan fingerprint density at radius 3 is 2.91 bits per heavy atom. The summed E-state index contributed by atoms with van der Waals surface area (Å²) in [6.07, 6.45) is 0. The number of amides is 1. The number of halogens is 2. The highest BCUT2D eigenvalue weighted by atomic mass is 79.9. The van der Waals surface area contributed by atoms with E-state index < -0.39 is 11.7 Å². The molecule has 0 aliphatic rings. The van der Waals surface area contributed by atoms with E-state index >= 15 is 0 Å². The van der Waals surface area contributed by atoms with E-state index in [9.17, 15) is 14.4 Å². The molecule has 0 unspecified atom stereocenters. The van der Waals surface area contributed by atoms with Crippen LogP contribution in [0, 0.1) is 5.82 Å². The summed E-state index contributed by atoms with van der Waals surface area (Å²) in [7, 11) is 0. The Morgan fingerprint density at radius 1 is 1.50 bits per heavy atom. The van der Waals surface area contributed by atoms with E-state index in [0.29, 0.717) is 5.69 Å². The molecule has 0 saturated heterocycles. The molecular formula is C11H10BrFN6O3. The topological polar surface area (TPSA) is 139 Å². The summed E-state index contributed by atoms with van der Waals surface area (Å²) in [4.78, 5) is 14.8. The fourth-order valence-corrected chi connectivity index (χ4v) is 1.81. The van der Waals surface area contributed by atoms with Crippen LogP contribution in [0.2, 0.25) is 0 Å². The second kappa shape index (κ2) is 6.95. The van der Waals surface area contributed by atoms with Gasteiger partial charge in [-0.2, -0.15) is 0 Å². The monoisotopic (exact) mass is 372 g/mol. The fourth-order valence-electron chi connectivity index (χ4n) is 1.45. The van der Waals surface area contributed by atoms with Gasteiger partial charge in [0, 0.05) is 0 Å². The van der Waals surface area contributed by atoms with E-state index in [1.54, 1.807) is 0 Å². The summed E-state index contributed by atoms with van der Waals surface area (Å²) in [5.74, 6) is -1.14. The van der Waals surface area contributed by atoms with Gasteiger partial charge in [0.1, 0.15) is 5.82 Å². The lowest BCUT2D eigenvalue weighted by Crippen LogP contribution is -2.25. The molecule has 0 bridgehead atoms. The molecule has 1 aromatic heterocycles. The first kappa shape index (κ1) is 15.9. The maximum atomic E-state index is 13.2. The molecule has 116 valence electrons. The third-order valence-electron chi connectivity index (χ3n) is 2.39. The van der Waals surface area contributed by atoms with E-state index in [0.717, 1.165) is 0 Å². The average Bonchev–Trinajstić information content (AvgIpc) is 2.94. The average molecular weight is 373 g/mol. The molecule has 2 rings (SSSR count). The molecule has 0 spiro atoms. The van der Waals surface area contributed by atoms with E-state index in [2.05, 4.69) is 41.2 Å². The van der Waals surface area contributed by atoms with Crippen molar-refractivity contribution in [2.24, 2.45) is 10.7 Å². The van der Waals surface area contributed by atoms with Gasteiger partial charge in [-0.3, -0.25) is 15.5 Å². The van der Waals surface area contributed by atoms with Crippen LogP contribution in [-0.4, -0.2) is 33.8 Å². The first-order valence-corrected chi connectivity index (χ1v) is 6.59. The lowest BCUT2D eigenvalue weighted by atomic mass is 10.3. The van der Waals surface area contributed by atoms with Crippen molar-refractivity contribution >= 4 is 39.2 Å². The number of hydroxylamine groups is 1. The van der Waals surface area contributed by atoms with Crippen LogP contribution in [0.25, 0.3) is 0 Å². The minimum atomic E-state index is -0.619. The Balaban J connectivity index is 2.31. The lowest BCUT2D eigenvalue weighted by molar-refractivity contribution is -0.116. The van der Waals surface area contributed by atoms with Gasteiger partial charge in [-0.05, 0) is 44.4 Å². The second-order valence-corrected chi connectivity index (χ2v) is 4.81. The van der Waals surface area contributed by atoms with Crippen LogP contribution in [0.15, 0.2) is 32.3 Å². The molecule has 2 aromatic rings. The number of hydrogen-bond donors (Lipinski definition) is 4. The molecule has 0 aliphatic carbocycles. The van der Waals surface area contributed by atoms with Crippen LogP contribution in [0.1, 0.15) is 5.69 Å². The van der Waals surface area contributed by atoms with Gasteiger partial charge in [-0.1, -0.05) is 0 Å². The number of carbonyl (C=O) groups is 1. The first-order chi connectivity index (χ1) is 10.5. The van der Waals surface area contributed by atoms with Gasteiger partial charge in [-0.15, -0.1) is 0 Å². The zero-order chi connectivity index (χ0) is 16.1. The summed E-state index contributed by atoms with van der Waals surface area (Å²) < 4.78 is 17.9. The van der Waals surface area contributed by atoms with Gasteiger partial charge in [0.05, 0.1) is 16.7 Å². The SMILES string of the molecule is NC(=O)CNc1nonc1C(=Nc1ccc(F)c(Br)c1)NO. The number of hydrogen-bond acceptors (Lipinski definition) is 7. The number of nitrogens with one attached hydrogen (secondary N) is 2. The molecule has 1 heterocycles. The smallest absolute Gasteiger partial charge is 0.236 e. The predicted octanol–water partition coefficient (Wildman–Crippen LogP) is 0.925. The normalized spacial score (nSPS) is 11.3. The van der Waals surface area contributed by atoms with Crippen molar-refractivity contribution in [3.63, 3.8) is 0 Å². The van der Waals surface area contributed by atoms with E-state index in [1.165, 1.54) is 18.2 Å². The fraction of sp³-hybridized carbons (Fsp3) is 0.0909. The van der Waals surface area contributed by atoms with Gasteiger partial charge in [-0.25, -0.2) is 14.0 Å². The van der Waals surface area contributed by atoms with Gasteiger partial charge in [0.2, 0.25) is 11.7 Å². The van der Waals surface area contributed by atoms with Crippen molar-refractivity contribution in [3.05, 3.63) is 34.2 Å². The van der Waals surface area contributed by atoms with Crippen LogP contribution in [0.3, 0.4) is 0 Å². The van der Waals surface area contributed by atoms with Gasteiger partial charge in [0.25, 0.3) is 0 Å².